The lowest BCUT2D eigenvalue weighted by Gasteiger charge is -2.36. The van der Waals surface area contributed by atoms with Crippen LogP contribution >= 0.6 is 11.3 Å². The van der Waals surface area contributed by atoms with E-state index in [2.05, 4.69) is 20.6 Å². The number of carbonyl (C=O) groups excluding carboxylic acids is 1. The SMILES string of the molecule is CCC1=CN=C(C(=O)C=C=CC2CCN(c3nc4cccc(C(=O)O)c4s3)C[C@@H]2OC)C1N. The largest absolute Gasteiger partial charge is 0.478 e. The van der Waals surface area contributed by atoms with Crippen LogP contribution in [0.2, 0.25) is 0 Å². The van der Waals surface area contributed by atoms with E-state index < -0.39 is 12.0 Å². The van der Waals surface area contributed by atoms with Gasteiger partial charge in [-0.05, 0) is 36.6 Å². The zero-order chi connectivity index (χ0) is 23.5. The number of carboxylic acids is 1. The average Bonchev–Trinajstić information content (AvgIpc) is 3.42. The molecule has 1 aromatic carbocycles. The number of fused-ring (bicyclic) bond motifs is 1. The minimum Gasteiger partial charge on any atom is -0.478 e. The van der Waals surface area contributed by atoms with Crippen molar-refractivity contribution in [3.63, 3.8) is 0 Å². The van der Waals surface area contributed by atoms with Crippen LogP contribution in [0.4, 0.5) is 5.13 Å². The van der Waals surface area contributed by atoms with E-state index in [9.17, 15) is 14.7 Å². The quantitative estimate of drug-likeness (QED) is 0.475. The molecule has 3 N–H and O–H groups in total. The number of benzene rings is 1. The van der Waals surface area contributed by atoms with Gasteiger partial charge >= 0.3 is 5.97 Å². The number of rotatable bonds is 7. The number of thiazole rings is 1. The van der Waals surface area contributed by atoms with Crippen molar-refractivity contribution in [2.45, 2.75) is 31.9 Å². The normalized spacial score (nSPS) is 22.5. The second kappa shape index (κ2) is 9.80. The molecule has 33 heavy (non-hydrogen) atoms. The summed E-state index contributed by atoms with van der Waals surface area (Å²) in [4.78, 5) is 34.9. The fourth-order valence-corrected chi connectivity index (χ4v) is 5.23. The first kappa shape index (κ1) is 23.1. The van der Waals surface area contributed by atoms with E-state index in [1.165, 1.54) is 17.4 Å². The van der Waals surface area contributed by atoms with Gasteiger partial charge in [-0.25, -0.2) is 9.78 Å². The summed E-state index contributed by atoms with van der Waals surface area (Å²) in [5.41, 5.74) is 11.3. The molecule has 3 heterocycles. The van der Waals surface area contributed by atoms with E-state index in [1.54, 1.807) is 25.4 Å². The number of ketones is 1. The molecule has 2 unspecified atom stereocenters. The van der Waals surface area contributed by atoms with E-state index in [-0.39, 0.29) is 23.4 Å². The van der Waals surface area contributed by atoms with Crippen molar-refractivity contribution in [3.05, 3.63) is 53.4 Å². The van der Waals surface area contributed by atoms with Gasteiger partial charge in [-0.15, -0.1) is 5.73 Å². The van der Waals surface area contributed by atoms with Crippen molar-refractivity contribution in [1.82, 2.24) is 4.98 Å². The summed E-state index contributed by atoms with van der Waals surface area (Å²) in [5.74, 6) is -1.10. The molecular weight excluding hydrogens is 440 g/mol. The zero-order valence-corrected chi connectivity index (χ0v) is 19.3. The van der Waals surface area contributed by atoms with Gasteiger partial charge in [0.1, 0.15) is 5.71 Å². The molecule has 8 nitrogen and oxygen atoms in total. The van der Waals surface area contributed by atoms with Crippen LogP contribution < -0.4 is 10.6 Å². The lowest BCUT2D eigenvalue weighted by Crippen LogP contribution is -2.44. The first-order chi connectivity index (χ1) is 15.9. The van der Waals surface area contributed by atoms with Crippen molar-refractivity contribution in [3.8, 4) is 0 Å². The van der Waals surface area contributed by atoms with Crippen molar-refractivity contribution in [1.29, 1.82) is 0 Å². The van der Waals surface area contributed by atoms with Crippen molar-refractivity contribution >= 4 is 44.1 Å². The number of nitrogens with two attached hydrogens (primary N) is 1. The predicted octanol–water partition coefficient (Wildman–Crippen LogP) is 3.19. The Morgan fingerprint density at radius 1 is 1.42 bits per heavy atom. The number of carboxylic acid groups (broad SMARTS) is 1. The fraction of sp³-hybridized carbons (Fsp3) is 0.375. The number of aliphatic imine (C=N–C) groups is 1. The number of nitrogens with zero attached hydrogens (tertiary/aromatic N) is 3. The molecule has 0 spiro atoms. The molecule has 0 aliphatic carbocycles. The number of carbonyl (C=O) groups is 2. The van der Waals surface area contributed by atoms with Gasteiger partial charge < -0.3 is 20.5 Å². The van der Waals surface area contributed by atoms with Crippen LogP contribution in [-0.4, -0.2) is 59.9 Å². The Kier molecular flexibility index (Phi) is 6.85. The van der Waals surface area contributed by atoms with Crippen LogP contribution in [0.1, 0.15) is 30.1 Å². The molecule has 0 radical (unpaired) electrons. The molecule has 172 valence electrons. The van der Waals surface area contributed by atoms with Crippen LogP contribution in [0.25, 0.3) is 10.2 Å². The Hall–Kier alpha value is -3.10. The lowest BCUT2D eigenvalue weighted by molar-refractivity contribution is -0.109. The highest BCUT2D eigenvalue weighted by molar-refractivity contribution is 7.22. The number of ether oxygens (including phenoxy) is 1. The molecule has 1 fully saturated rings. The number of methoxy groups -OCH3 is 1. The summed E-state index contributed by atoms with van der Waals surface area (Å²) in [7, 11) is 1.66. The third-order valence-corrected chi connectivity index (χ3v) is 7.23. The zero-order valence-electron chi connectivity index (χ0n) is 18.5. The number of anilines is 1. The topological polar surface area (TPSA) is 118 Å². The van der Waals surface area contributed by atoms with Crippen LogP contribution in [-0.2, 0) is 9.53 Å². The van der Waals surface area contributed by atoms with Crippen LogP contribution in [0.15, 0.2) is 52.8 Å². The van der Waals surface area contributed by atoms with E-state index in [1.807, 2.05) is 19.1 Å². The van der Waals surface area contributed by atoms with E-state index >= 15 is 0 Å². The molecule has 9 heteroatoms. The summed E-state index contributed by atoms with van der Waals surface area (Å²) in [6.45, 7) is 3.33. The molecule has 1 aromatic heterocycles. The van der Waals surface area contributed by atoms with Crippen molar-refractivity contribution < 1.29 is 19.4 Å². The van der Waals surface area contributed by atoms with Gasteiger partial charge in [0.05, 0.1) is 27.9 Å². The number of hydrogen-bond acceptors (Lipinski definition) is 8. The second-order valence-corrected chi connectivity index (χ2v) is 9.00. The highest BCUT2D eigenvalue weighted by Crippen LogP contribution is 2.34. The molecule has 1 saturated heterocycles. The second-order valence-electron chi connectivity index (χ2n) is 8.02. The molecule has 2 aromatic rings. The minimum atomic E-state index is -0.957. The summed E-state index contributed by atoms with van der Waals surface area (Å²) in [6, 6.07) is 4.69. The monoisotopic (exact) mass is 466 g/mol. The first-order valence-electron chi connectivity index (χ1n) is 10.8. The summed E-state index contributed by atoms with van der Waals surface area (Å²) >= 11 is 1.38. The Balaban J connectivity index is 1.45. The minimum absolute atomic E-state index is 0.0859. The molecule has 2 aliphatic heterocycles. The number of hydrogen-bond donors (Lipinski definition) is 2. The highest BCUT2D eigenvalue weighted by Gasteiger charge is 2.30. The summed E-state index contributed by atoms with van der Waals surface area (Å²) in [5, 5.41) is 10.2. The van der Waals surface area contributed by atoms with E-state index in [0.717, 1.165) is 30.1 Å². The van der Waals surface area contributed by atoms with E-state index in [0.29, 0.717) is 22.5 Å². The Morgan fingerprint density at radius 2 is 2.24 bits per heavy atom. The Bertz CT molecular complexity index is 1210. The highest BCUT2D eigenvalue weighted by atomic mass is 32.1. The first-order valence-corrected chi connectivity index (χ1v) is 11.6. The molecule has 0 bridgehead atoms. The van der Waals surface area contributed by atoms with Gasteiger partial charge in [0.2, 0.25) is 5.78 Å². The maximum atomic E-state index is 12.4. The lowest BCUT2D eigenvalue weighted by atomic mass is 9.93. The van der Waals surface area contributed by atoms with Gasteiger partial charge in [-0.3, -0.25) is 9.79 Å². The van der Waals surface area contributed by atoms with Crippen molar-refractivity contribution in [2.24, 2.45) is 16.6 Å². The molecule has 2 aliphatic rings. The van der Waals surface area contributed by atoms with E-state index in [4.69, 9.17) is 10.5 Å². The number of aromatic nitrogens is 1. The fourth-order valence-electron chi connectivity index (χ4n) is 4.13. The van der Waals surface area contributed by atoms with Crippen molar-refractivity contribution in [2.75, 3.05) is 25.1 Å². The third-order valence-electron chi connectivity index (χ3n) is 6.07. The molecule has 3 atom stereocenters. The summed E-state index contributed by atoms with van der Waals surface area (Å²) < 4.78 is 6.39. The van der Waals surface area contributed by atoms with Crippen LogP contribution in [0, 0.1) is 5.92 Å². The van der Waals surface area contributed by atoms with Gasteiger partial charge in [-0.2, -0.15) is 0 Å². The Labute approximate surface area is 195 Å². The maximum absolute atomic E-state index is 12.4. The standard InChI is InChI=1S/C24H26N4O4S/c1-3-14-12-26-21(20(14)25)18(29)9-4-6-15-10-11-28(13-19(15)32-2)24-27-17-8-5-7-16(23(30)31)22(17)33-24/h5-9,12,15,19-20H,3,10-11,13,25H2,1-2H3,(H,30,31)/t4?,15?,19-,20?/m0/s1. The molecule has 4 rings (SSSR count). The van der Waals surface area contributed by atoms with Crippen LogP contribution in [0.5, 0.6) is 0 Å². The van der Waals surface area contributed by atoms with Gasteiger partial charge in [0.25, 0.3) is 0 Å². The predicted molar refractivity (Wildman–Crippen MR) is 129 cm³/mol. The van der Waals surface area contributed by atoms with Gasteiger partial charge in [0, 0.05) is 38.4 Å². The Morgan fingerprint density at radius 3 is 2.94 bits per heavy atom. The van der Waals surface area contributed by atoms with Gasteiger partial charge in [0.15, 0.2) is 5.13 Å². The van der Waals surface area contributed by atoms with Crippen LogP contribution in [0.3, 0.4) is 0 Å². The maximum Gasteiger partial charge on any atom is 0.337 e. The number of piperidine rings is 1. The number of aromatic carboxylic acids is 1. The molecular formula is C24H26N4O4S. The smallest absolute Gasteiger partial charge is 0.337 e. The summed E-state index contributed by atoms with van der Waals surface area (Å²) in [6.07, 6.45) is 6.39. The molecule has 0 saturated carbocycles. The third kappa shape index (κ3) is 4.67. The van der Waals surface area contributed by atoms with Gasteiger partial charge in [-0.1, -0.05) is 24.3 Å². The average molecular weight is 467 g/mol. The molecule has 0 amide bonds.